The van der Waals surface area contributed by atoms with Crippen molar-refractivity contribution in [2.45, 2.75) is 13.0 Å². The molecule has 2 heterocycles. The van der Waals surface area contributed by atoms with Crippen LogP contribution in [0.25, 0.3) is 0 Å². The third-order valence-electron chi connectivity index (χ3n) is 2.25. The smallest absolute Gasteiger partial charge is 0.0761 e. The van der Waals surface area contributed by atoms with Gasteiger partial charge < -0.3 is 5.73 Å². The second kappa shape index (κ2) is 4.67. The first-order valence-electron chi connectivity index (χ1n) is 4.32. The van der Waals surface area contributed by atoms with E-state index >= 15 is 0 Å². The molecule has 5 heteroatoms. The van der Waals surface area contributed by atoms with Crippen LogP contribution in [0, 0.1) is 6.92 Å². The van der Waals surface area contributed by atoms with Crippen LogP contribution in [0.5, 0.6) is 0 Å². The molecule has 0 bridgehead atoms. The highest BCUT2D eigenvalue weighted by molar-refractivity contribution is 9.12. The van der Waals surface area contributed by atoms with Crippen molar-refractivity contribution >= 4 is 54.5 Å². The van der Waals surface area contributed by atoms with Gasteiger partial charge in [0.2, 0.25) is 0 Å². The highest BCUT2D eigenvalue weighted by Gasteiger charge is 2.17. The van der Waals surface area contributed by atoms with Crippen LogP contribution in [0.3, 0.4) is 0 Å². The molecule has 0 aliphatic heterocycles. The molecule has 80 valence electrons. The zero-order chi connectivity index (χ0) is 11.0. The normalized spacial score (nSPS) is 13.1. The first-order valence-corrected chi connectivity index (χ1v) is 7.67. The van der Waals surface area contributed by atoms with Gasteiger partial charge in [-0.1, -0.05) is 0 Å². The van der Waals surface area contributed by atoms with Crippen LogP contribution in [0.2, 0.25) is 0 Å². The largest absolute Gasteiger partial charge is 0.320 e. The summed E-state index contributed by atoms with van der Waals surface area (Å²) in [6, 6.07) is 2.05. The van der Waals surface area contributed by atoms with E-state index < -0.39 is 0 Å². The second-order valence-electron chi connectivity index (χ2n) is 3.27. The Hall–Kier alpha value is 0.320. The van der Waals surface area contributed by atoms with Gasteiger partial charge in [0, 0.05) is 0 Å². The molecule has 1 nitrogen and oxygen atoms in total. The molecule has 0 aromatic carbocycles. The number of nitrogens with two attached hydrogens (primary N) is 1. The Labute approximate surface area is 114 Å². The molecule has 0 saturated carbocycles. The monoisotopic (exact) mass is 365 g/mol. The lowest BCUT2D eigenvalue weighted by molar-refractivity contribution is 0.869. The van der Waals surface area contributed by atoms with Crippen molar-refractivity contribution in [3.05, 3.63) is 41.1 Å². The molecule has 0 aliphatic rings. The van der Waals surface area contributed by atoms with Gasteiger partial charge in [-0.25, -0.2) is 0 Å². The molecule has 0 aliphatic carbocycles. The van der Waals surface area contributed by atoms with E-state index in [1.165, 1.54) is 11.1 Å². The molecule has 0 radical (unpaired) electrons. The summed E-state index contributed by atoms with van der Waals surface area (Å²) in [5, 5.41) is 4.25. The average molecular weight is 367 g/mol. The maximum absolute atomic E-state index is 6.24. The van der Waals surface area contributed by atoms with Crippen molar-refractivity contribution in [3.63, 3.8) is 0 Å². The fourth-order valence-electron chi connectivity index (χ4n) is 1.42. The van der Waals surface area contributed by atoms with Crippen LogP contribution < -0.4 is 5.73 Å². The Morgan fingerprint density at radius 1 is 1.27 bits per heavy atom. The van der Waals surface area contributed by atoms with E-state index in [0.717, 1.165) is 13.1 Å². The fraction of sp³-hybridized carbons (Fsp3) is 0.200. The summed E-state index contributed by atoms with van der Waals surface area (Å²) >= 11 is 10.4. The minimum atomic E-state index is -0.0341. The zero-order valence-corrected chi connectivity index (χ0v) is 12.8. The SMILES string of the molecule is Cc1cscc1C(N)c1cc(Br)sc1Br. The number of hydrogen-bond donors (Lipinski definition) is 1. The molecular formula is C10H9Br2NS2. The lowest BCUT2D eigenvalue weighted by Crippen LogP contribution is -2.11. The minimum Gasteiger partial charge on any atom is -0.320 e. The van der Waals surface area contributed by atoms with Gasteiger partial charge in [0.25, 0.3) is 0 Å². The van der Waals surface area contributed by atoms with Crippen LogP contribution in [0.4, 0.5) is 0 Å². The fourth-order valence-corrected chi connectivity index (χ4v) is 5.24. The number of halogens is 2. The topological polar surface area (TPSA) is 26.0 Å². The maximum Gasteiger partial charge on any atom is 0.0761 e. The summed E-state index contributed by atoms with van der Waals surface area (Å²) in [6.45, 7) is 2.10. The Bertz CT molecular complexity index is 475. The van der Waals surface area contributed by atoms with E-state index in [1.54, 1.807) is 22.7 Å². The first-order chi connectivity index (χ1) is 7.09. The van der Waals surface area contributed by atoms with E-state index in [4.69, 9.17) is 5.73 Å². The van der Waals surface area contributed by atoms with Crippen LogP contribution >= 0.6 is 54.5 Å². The van der Waals surface area contributed by atoms with E-state index in [1.807, 2.05) is 0 Å². The van der Waals surface area contributed by atoms with Gasteiger partial charge in [-0.2, -0.15) is 11.3 Å². The summed E-state index contributed by atoms with van der Waals surface area (Å²) < 4.78 is 2.21. The van der Waals surface area contributed by atoms with Crippen molar-refractivity contribution in [2.24, 2.45) is 5.73 Å². The summed E-state index contributed by atoms with van der Waals surface area (Å²) in [5.41, 5.74) is 9.86. The number of aryl methyl sites for hydroxylation is 1. The van der Waals surface area contributed by atoms with Crippen LogP contribution in [0.15, 0.2) is 24.4 Å². The minimum absolute atomic E-state index is 0.0341. The quantitative estimate of drug-likeness (QED) is 0.819. The third kappa shape index (κ3) is 2.36. The first kappa shape index (κ1) is 11.8. The zero-order valence-electron chi connectivity index (χ0n) is 7.96. The van der Waals surface area contributed by atoms with Crippen LogP contribution in [-0.4, -0.2) is 0 Å². The van der Waals surface area contributed by atoms with Crippen LogP contribution in [-0.2, 0) is 0 Å². The van der Waals surface area contributed by atoms with Crippen molar-refractivity contribution < 1.29 is 0 Å². The van der Waals surface area contributed by atoms with Gasteiger partial charge in [0.1, 0.15) is 0 Å². The highest BCUT2D eigenvalue weighted by atomic mass is 79.9. The van der Waals surface area contributed by atoms with Crippen molar-refractivity contribution in [2.75, 3.05) is 0 Å². The van der Waals surface area contributed by atoms with Gasteiger partial charge in [-0.05, 0) is 72.3 Å². The Morgan fingerprint density at radius 2 is 2.00 bits per heavy atom. The second-order valence-corrected chi connectivity index (χ2v) is 7.76. The van der Waals surface area contributed by atoms with Gasteiger partial charge >= 0.3 is 0 Å². The number of rotatable bonds is 2. The molecule has 2 aromatic heterocycles. The van der Waals surface area contributed by atoms with Crippen molar-refractivity contribution in [1.29, 1.82) is 0 Å². The molecule has 0 saturated heterocycles. The lowest BCUT2D eigenvalue weighted by Gasteiger charge is -2.10. The van der Waals surface area contributed by atoms with Gasteiger partial charge in [-0.15, -0.1) is 11.3 Å². The molecule has 0 fully saturated rings. The van der Waals surface area contributed by atoms with E-state index in [9.17, 15) is 0 Å². The Kier molecular flexibility index (Phi) is 3.67. The summed E-state index contributed by atoms with van der Waals surface area (Å²) in [6.07, 6.45) is 0. The molecule has 1 atom stereocenters. The van der Waals surface area contributed by atoms with Crippen molar-refractivity contribution in [3.8, 4) is 0 Å². The molecule has 1 unspecified atom stereocenters. The van der Waals surface area contributed by atoms with E-state index in [-0.39, 0.29) is 6.04 Å². The Morgan fingerprint density at radius 3 is 2.47 bits per heavy atom. The molecule has 2 rings (SSSR count). The molecule has 0 spiro atoms. The predicted molar refractivity (Wildman–Crippen MR) is 74.8 cm³/mol. The number of hydrogen-bond acceptors (Lipinski definition) is 3. The lowest BCUT2D eigenvalue weighted by atomic mass is 10.0. The van der Waals surface area contributed by atoms with Gasteiger partial charge in [0.15, 0.2) is 0 Å². The summed E-state index contributed by atoms with van der Waals surface area (Å²) in [4.78, 5) is 0. The standard InChI is InChI=1S/C10H9Br2NS2/c1-5-3-14-4-7(5)9(13)6-2-8(11)15-10(6)12/h2-4,9H,13H2,1H3. The Balaban J connectivity index is 2.40. The van der Waals surface area contributed by atoms with E-state index in [2.05, 4.69) is 55.6 Å². The van der Waals surface area contributed by atoms with Crippen LogP contribution in [0.1, 0.15) is 22.7 Å². The molecule has 2 N–H and O–H groups in total. The van der Waals surface area contributed by atoms with Gasteiger partial charge in [0.05, 0.1) is 13.6 Å². The van der Waals surface area contributed by atoms with Crippen molar-refractivity contribution in [1.82, 2.24) is 0 Å². The molecular weight excluding hydrogens is 358 g/mol. The van der Waals surface area contributed by atoms with E-state index in [0.29, 0.717) is 0 Å². The molecule has 0 amide bonds. The maximum atomic E-state index is 6.24. The summed E-state index contributed by atoms with van der Waals surface area (Å²) in [5.74, 6) is 0. The highest BCUT2D eigenvalue weighted by Crippen LogP contribution is 2.38. The average Bonchev–Trinajstić information content (AvgIpc) is 2.71. The predicted octanol–water partition coefficient (Wildman–Crippen LogP) is 4.69. The number of thiophene rings is 2. The molecule has 2 aromatic rings. The molecule has 15 heavy (non-hydrogen) atoms. The summed E-state index contributed by atoms with van der Waals surface area (Å²) in [7, 11) is 0. The van der Waals surface area contributed by atoms with Gasteiger partial charge in [-0.3, -0.25) is 0 Å². The third-order valence-corrected chi connectivity index (χ3v) is 5.51.